The SMILES string of the molecule is N#Cc1ccccc1NC(=O)CCOCC(F)(F)C(F)F. The molecule has 0 atom stereocenters. The van der Waals surface area contributed by atoms with Crippen LogP contribution in [-0.4, -0.2) is 31.5 Å². The second kappa shape index (κ2) is 7.59. The number of nitrogens with one attached hydrogen (secondary N) is 1. The fourth-order valence-electron chi connectivity index (χ4n) is 1.34. The molecule has 0 aliphatic heterocycles. The van der Waals surface area contributed by atoms with Gasteiger partial charge in [0.05, 0.1) is 24.3 Å². The van der Waals surface area contributed by atoms with Crippen LogP contribution < -0.4 is 5.32 Å². The summed E-state index contributed by atoms with van der Waals surface area (Å²) in [6, 6.07) is 8.09. The molecule has 0 radical (unpaired) electrons. The van der Waals surface area contributed by atoms with Crippen molar-refractivity contribution < 1.29 is 27.1 Å². The molecule has 0 saturated heterocycles. The summed E-state index contributed by atoms with van der Waals surface area (Å²) in [7, 11) is 0. The van der Waals surface area contributed by atoms with Crippen molar-refractivity contribution in [1.29, 1.82) is 5.26 Å². The Morgan fingerprint density at radius 3 is 2.67 bits per heavy atom. The zero-order valence-corrected chi connectivity index (χ0v) is 10.8. The maximum atomic E-state index is 12.5. The third-order valence-electron chi connectivity index (χ3n) is 2.41. The molecular formula is C13H12F4N2O2. The predicted octanol–water partition coefficient (Wildman–Crippen LogP) is 2.80. The number of rotatable bonds is 7. The number of ether oxygens (including phenoxy) is 1. The fourth-order valence-corrected chi connectivity index (χ4v) is 1.34. The highest BCUT2D eigenvalue weighted by Gasteiger charge is 2.40. The minimum absolute atomic E-state index is 0.246. The molecule has 114 valence electrons. The highest BCUT2D eigenvalue weighted by Crippen LogP contribution is 2.22. The van der Waals surface area contributed by atoms with Gasteiger partial charge >= 0.3 is 12.3 Å². The van der Waals surface area contributed by atoms with Gasteiger partial charge in [0.1, 0.15) is 12.7 Å². The number of hydrogen-bond acceptors (Lipinski definition) is 3. The lowest BCUT2D eigenvalue weighted by molar-refractivity contribution is -0.166. The molecule has 0 heterocycles. The number of nitrogens with zero attached hydrogens (tertiary/aromatic N) is 1. The number of nitriles is 1. The second-order valence-electron chi connectivity index (χ2n) is 4.07. The van der Waals surface area contributed by atoms with Gasteiger partial charge in [0.2, 0.25) is 5.91 Å². The number of para-hydroxylation sites is 1. The molecule has 1 rings (SSSR count). The molecule has 1 N–H and O–H groups in total. The molecule has 0 fully saturated rings. The van der Waals surface area contributed by atoms with E-state index in [1.54, 1.807) is 12.1 Å². The number of alkyl halides is 4. The molecule has 1 aromatic rings. The number of carbonyl (C=O) groups is 1. The Morgan fingerprint density at radius 1 is 1.38 bits per heavy atom. The molecule has 8 heteroatoms. The minimum atomic E-state index is -4.23. The van der Waals surface area contributed by atoms with Crippen LogP contribution in [0.2, 0.25) is 0 Å². The van der Waals surface area contributed by atoms with Gasteiger partial charge in [-0.05, 0) is 12.1 Å². The van der Waals surface area contributed by atoms with E-state index >= 15 is 0 Å². The van der Waals surface area contributed by atoms with Crippen LogP contribution >= 0.6 is 0 Å². The van der Waals surface area contributed by atoms with Crippen molar-refractivity contribution in [3.63, 3.8) is 0 Å². The van der Waals surface area contributed by atoms with E-state index in [1.807, 2.05) is 6.07 Å². The monoisotopic (exact) mass is 304 g/mol. The van der Waals surface area contributed by atoms with Gasteiger partial charge in [-0.2, -0.15) is 14.0 Å². The van der Waals surface area contributed by atoms with E-state index in [-0.39, 0.29) is 17.7 Å². The Kier molecular flexibility index (Phi) is 6.11. The highest BCUT2D eigenvalue weighted by atomic mass is 19.3. The molecule has 0 aromatic heterocycles. The summed E-state index contributed by atoms with van der Waals surface area (Å²) in [5, 5.41) is 11.2. The van der Waals surface area contributed by atoms with Crippen LogP contribution in [0.25, 0.3) is 0 Å². The summed E-state index contributed by atoms with van der Waals surface area (Å²) in [4.78, 5) is 11.5. The predicted molar refractivity (Wildman–Crippen MR) is 66.2 cm³/mol. The van der Waals surface area contributed by atoms with Gasteiger partial charge in [-0.15, -0.1) is 0 Å². The lowest BCUT2D eigenvalue weighted by Gasteiger charge is -2.15. The summed E-state index contributed by atoms with van der Waals surface area (Å²) in [5.41, 5.74) is 0.527. The molecule has 4 nitrogen and oxygen atoms in total. The van der Waals surface area contributed by atoms with E-state index in [9.17, 15) is 22.4 Å². The quantitative estimate of drug-likeness (QED) is 0.622. The molecular weight excluding hydrogens is 292 g/mol. The van der Waals surface area contributed by atoms with Crippen LogP contribution in [0.15, 0.2) is 24.3 Å². The summed E-state index contributed by atoms with van der Waals surface area (Å²) in [6.45, 7) is -1.88. The number of benzene rings is 1. The summed E-state index contributed by atoms with van der Waals surface area (Å²) in [5.74, 6) is -4.80. The molecule has 0 unspecified atom stereocenters. The van der Waals surface area contributed by atoms with E-state index in [0.29, 0.717) is 0 Å². The Bertz CT molecular complexity index is 529. The van der Waals surface area contributed by atoms with Crippen LogP contribution in [0.1, 0.15) is 12.0 Å². The van der Waals surface area contributed by atoms with Crippen LogP contribution in [0, 0.1) is 11.3 Å². The van der Waals surface area contributed by atoms with Gasteiger partial charge in [0.25, 0.3) is 0 Å². The minimum Gasteiger partial charge on any atom is -0.374 e. The third kappa shape index (κ3) is 5.39. The maximum Gasteiger partial charge on any atom is 0.330 e. The lowest BCUT2D eigenvalue weighted by Crippen LogP contribution is -2.32. The van der Waals surface area contributed by atoms with E-state index < -0.39 is 31.5 Å². The zero-order chi connectivity index (χ0) is 15.9. The van der Waals surface area contributed by atoms with Crippen LogP contribution in [-0.2, 0) is 9.53 Å². The van der Waals surface area contributed by atoms with Crippen molar-refractivity contribution in [3.05, 3.63) is 29.8 Å². The van der Waals surface area contributed by atoms with Crippen molar-refractivity contribution in [2.75, 3.05) is 18.5 Å². The number of carbonyl (C=O) groups excluding carboxylic acids is 1. The highest BCUT2D eigenvalue weighted by molar-refractivity contribution is 5.92. The standard InChI is InChI=1S/C13H12F4N2O2/c14-12(15)13(16,17)8-21-6-5-11(20)19-10-4-2-1-3-9(10)7-18/h1-4,12H,5-6,8H2,(H,19,20). The number of hydrogen-bond donors (Lipinski definition) is 1. The number of halogens is 4. The van der Waals surface area contributed by atoms with Gasteiger partial charge in [-0.1, -0.05) is 12.1 Å². The average Bonchev–Trinajstić information content (AvgIpc) is 2.44. The molecule has 1 amide bonds. The summed E-state index contributed by atoms with van der Waals surface area (Å²) >= 11 is 0. The molecule has 0 aliphatic rings. The largest absolute Gasteiger partial charge is 0.374 e. The first-order valence-electron chi connectivity index (χ1n) is 5.89. The van der Waals surface area contributed by atoms with Crippen molar-refractivity contribution in [3.8, 4) is 6.07 Å². The summed E-state index contributed by atoms with van der Waals surface area (Å²) < 4.78 is 53.0. The molecule has 0 aliphatic carbocycles. The lowest BCUT2D eigenvalue weighted by atomic mass is 10.2. The normalized spacial score (nSPS) is 11.2. The molecule has 1 aromatic carbocycles. The average molecular weight is 304 g/mol. The van der Waals surface area contributed by atoms with Gasteiger partial charge in [-0.3, -0.25) is 4.79 Å². The molecule has 0 spiro atoms. The third-order valence-corrected chi connectivity index (χ3v) is 2.41. The Balaban J connectivity index is 2.37. The van der Waals surface area contributed by atoms with Crippen molar-refractivity contribution >= 4 is 11.6 Å². The molecule has 21 heavy (non-hydrogen) atoms. The van der Waals surface area contributed by atoms with E-state index in [4.69, 9.17) is 5.26 Å². The first kappa shape index (κ1) is 16.9. The first-order valence-corrected chi connectivity index (χ1v) is 5.89. The second-order valence-corrected chi connectivity index (χ2v) is 4.07. The Labute approximate surface area is 118 Å². The van der Waals surface area contributed by atoms with E-state index in [0.717, 1.165) is 0 Å². The van der Waals surface area contributed by atoms with Gasteiger partial charge < -0.3 is 10.1 Å². The van der Waals surface area contributed by atoms with Crippen molar-refractivity contribution in [2.45, 2.75) is 18.8 Å². The maximum absolute atomic E-state index is 12.5. The number of anilines is 1. The van der Waals surface area contributed by atoms with Crippen LogP contribution in [0.4, 0.5) is 23.2 Å². The topological polar surface area (TPSA) is 62.1 Å². The Morgan fingerprint density at radius 2 is 2.05 bits per heavy atom. The first-order chi connectivity index (χ1) is 9.86. The number of amides is 1. The van der Waals surface area contributed by atoms with E-state index in [2.05, 4.69) is 10.1 Å². The van der Waals surface area contributed by atoms with Crippen molar-refractivity contribution in [1.82, 2.24) is 0 Å². The van der Waals surface area contributed by atoms with Gasteiger partial charge in [-0.25, -0.2) is 8.78 Å². The summed E-state index contributed by atoms with van der Waals surface area (Å²) in [6.07, 6.45) is -4.10. The smallest absolute Gasteiger partial charge is 0.330 e. The molecule has 0 bridgehead atoms. The zero-order valence-electron chi connectivity index (χ0n) is 10.8. The Hall–Kier alpha value is -2.14. The van der Waals surface area contributed by atoms with Crippen LogP contribution in [0.3, 0.4) is 0 Å². The van der Waals surface area contributed by atoms with Crippen LogP contribution in [0.5, 0.6) is 0 Å². The molecule has 0 saturated carbocycles. The van der Waals surface area contributed by atoms with Gasteiger partial charge in [0, 0.05) is 0 Å². The van der Waals surface area contributed by atoms with Gasteiger partial charge in [0.15, 0.2) is 0 Å². The van der Waals surface area contributed by atoms with Crippen molar-refractivity contribution in [2.24, 2.45) is 0 Å². The fraction of sp³-hybridized carbons (Fsp3) is 0.385. The van der Waals surface area contributed by atoms with E-state index in [1.165, 1.54) is 12.1 Å².